The van der Waals surface area contributed by atoms with Crippen molar-refractivity contribution in [1.29, 1.82) is 0 Å². The second kappa shape index (κ2) is 13.3. The van der Waals surface area contributed by atoms with Gasteiger partial charge in [-0.1, -0.05) is 97.9 Å². The van der Waals surface area contributed by atoms with E-state index < -0.39 is 41.7 Å². The maximum absolute atomic E-state index is 15.0. The van der Waals surface area contributed by atoms with Crippen LogP contribution in [0.25, 0.3) is 0 Å². The van der Waals surface area contributed by atoms with Gasteiger partial charge in [-0.2, -0.15) is 0 Å². The van der Waals surface area contributed by atoms with Crippen LogP contribution in [0.2, 0.25) is 0 Å². The third-order valence-corrected chi connectivity index (χ3v) is 10.3. The molecule has 6 rings (SSSR count). The molecule has 3 aromatic carbocycles. The highest BCUT2D eigenvalue weighted by atomic mass is 16.5. The van der Waals surface area contributed by atoms with E-state index in [2.05, 4.69) is 13.2 Å². The molecule has 47 heavy (non-hydrogen) atoms. The van der Waals surface area contributed by atoms with Gasteiger partial charge in [-0.25, -0.2) is 0 Å². The van der Waals surface area contributed by atoms with Crippen LogP contribution >= 0.6 is 0 Å². The molecule has 6 atom stereocenters. The summed E-state index contributed by atoms with van der Waals surface area (Å²) in [6.45, 7) is 10.2. The molecule has 0 saturated carbocycles. The van der Waals surface area contributed by atoms with Gasteiger partial charge in [0.2, 0.25) is 17.7 Å². The van der Waals surface area contributed by atoms with Crippen molar-refractivity contribution in [2.24, 2.45) is 11.8 Å². The van der Waals surface area contributed by atoms with Crippen LogP contribution in [0, 0.1) is 11.8 Å². The number of nitrogens with zero attached hydrogens (tertiary/aromatic N) is 3. The van der Waals surface area contributed by atoms with Gasteiger partial charge in [0.1, 0.15) is 11.6 Å². The highest BCUT2D eigenvalue weighted by molar-refractivity contribution is 6.03. The number of hydrogen-bond acceptors (Lipinski definition) is 5. The molecule has 2 unspecified atom stereocenters. The lowest BCUT2D eigenvalue weighted by Crippen LogP contribution is -2.57. The Kier molecular flexibility index (Phi) is 9.17. The molecule has 3 saturated heterocycles. The van der Waals surface area contributed by atoms with E-state index >= 15 is 9.59 Å². The van der Waals surface area contributed by atoms with Crippen molar-refractivity contribution in [2.75, 3.05) is 24.6 Å². The van der Waals surface area contributed by atoms with E-state index in [0.29, 0.717) is 37.1 Å². The number of ether oxygens (including phenoxy) is 1. The van der Waals surface area contributed by atoms with Crippen LogP contribution in [0.4, 0.5) is 5.69 Å². The number of aliphatic hydroxyl groups excluding tert-OH is 1. The van der Waals surface area contributed by atoms with E-state index in [1.165, 1.54) is 4.90 Å². The molecule has 2 bridgehead atoms. The van der Waals surface area contributed by atoms with Crippen molar-refractivity contribution in [3.63, 3.8) is 0 Å². The highest BCUT2D eigenvalue weighted by Gasteiger charge is 2.79. The molecule has 3 aromatic rings. The molecule has 3 fully saturated rings. The average Bonchev–Trinajstić information content (AvgIpc) is 3.72. The van der Waals surface area contributed by atoms with Gasteiger partial charge in [0, 0.05) is 25.3 Å². The van der Waals surface area contributed by atoms with Gasteiger partial charge >= 0.3 is 0 Å². The fourth-order valence-corrected chi connectivity index (χ4v) is 8.27. The van der Waals surface area contributed by atoms with Crippen LogP contribution in [0.15, 0.2) is 116 Å². The number of aliphatic hydroxyl groups is 1. The number of fused-ring (bicyclic) bond motifs is 1. The Labute approximate surface area is 276 Å². The van der Waals surface area contributed by atoms with Gasteiger partial charge in [0.15, 0.2) is 0 Å². The summed E-state index contributed by atoms with van der Waals surface area (Å²) >= 11 is 0. The molecule has 1 spiro atoms. The molecule has 1 N–H and O–H groups in total. The van der Waals surface area contributed by atoms with E-state index in [0.717, 1.165) is 5.56 Å². The van der Waals surface area contributed by atoms with E-state index in [1.807, 2.05) is 97.9 Å². The van der Waals surface area contributed by atoms with Gasteiger partial charge < -0.3 is 24.5 Å². The summed E-state index contributed by atoms with van der Waals surface area (Å²) in [5, 5.41) is 10.9. The molecule has 0 aliphatic carbocycles. The second-order valence-corrected chi connectivity index (χ2v) is 12.8. The maximum atomic E-state index is 15.0. The van der Waals surface area contributed by atoms with Crippen molar-refractivity contribution in [2.45, 2.75) is 56.0 Å². The van der Waals surface area contributed by atoms with Crippen LogP contribution < -0.4 is 4.90 Å². The Morgan fingerprint density at radius 1 is 0.936 bits per heavy atom. The summed E-state index contributed by atoms with van der Waals surface area (Å²) in [7, 11) is 0. The van der Waals surface area contributed by atoms with Crippen LogP contribution in [0.5, 0.6) is 0 Å². The van der Waals surface area contributed by atoms with Crippen molar-refractivity contribution in [3.05, 3.63) is 127 Å². The van der Waals surface area contributed by atoms with E-state index in [4.69, 9.17) is 4.74 Å². The van der Waals surface area contributed by atoms with E-state index in [-0.39, 0.29) is 30.8 Å². The quantitative estimate of drug-likeness (QED) is 0.258. The summed E-state index contributed by atoms with van der Waals surface area (Å²) in [5.41, 5.74) is 0.177. The van der Waals surface area contributed by atoms with E-state index in [9.17, 15) is 9.90 Å². The topological polar surface area (TPSA) is 90.4 Å². The predicted molar refractivity (Wildman–Crippen MR) is 181 cm³/mol. The summed E-state index contributed by atoms with van der Waals surface area (Å²) in [4.78, 5) is 49.8. The first-order valence-electron chi connectivity index (χ1n) is 16.4. The molecule has 244 valence electrons. The van der Waals surface area contributed by atoms with E-state index in [1.54, 1.807) is 22.0 Å². The number of benzene rings is 3. The second-order valence-electron chi connectivity index (χ2n) is 12.8. The summed E-state index contributed by atoms with van der Waals surface area (Å²) in [6, 6.07) is 26.5. The smallest absolute Gasteiger partial charge is 0.249 e. The molecule has 3 amide bonds. The average molecular weight is 634 g/mol. The Bertz CT molecular complexity index is 1620. The number of rotatable bonds is 13. The van der Waals surface area contributed by atoms with Crippen LogP contribution in [-0.4, -0.2) is 69.6 Å². The highest BCUT2D eigenvalue weighted by Crippen LogP contribution is 2.65. The number of carbonyl (C=O) groups is 3. The van der Waals surface area contributed by atoms with Gasteiger partial charge in [0.05, 0.1) is 30.1 Å². The number of likely N-dealkylation sites (tertiary alicyclic amines) is 1. The van der Waals surface area contributed by atoms with Gasteiger partial charge in [-0.05, 0) is 42.5 Å². The van der Waals surface area contributed by atoms with Crippen molar-refractivity contribution < 1.29 is 24.2 Å². The minimum atomic E-state index is -1.25. The third kappa shape index (κ3) is 5.39. The first kappa shape index (κ1) is 32.4. The summed E-state index contributed by atoms with van der Waals surface area (Å²) in [5.74, 6) is -2.59. The normalized spacial score (nSPS) is 26.5. The summed E-state index contributed by atoms with van der Waals surface area (Å²) < 4.78 is 7.07. The third-order valence-electron chi connectivity index (χ3n) is 10.3. The standard InChI is InChI=1S/C39H43N3O5/c1-4-24-40(26-28-16-10-7-11-17-28)37(46)34-39-23-22-38(6-3,47-39)32(35(44)41(25-5-2)30-20-14-9-15-21-30)33(39)36(45)42(34)31(27-43)29-18-12-8-13-19-29/h4-5,7-21,31-34,43H,1-2,6,22-27H2,3H3/t31-,32+,33+,34?,38-,39?/m1/s1. The molecule has 0 aromatic heterocycles. The first-order chi connectivity index (χ1) is 22.9. The van der Waals surface area contributed by atoms with Crippen LogP contribution in [-0.2, 0) is 25.7 Å². The Hall–Kier alpha value is -4.53. The molecule has 3 aliphatic heterocycles. The first-order valence-corrected chi connectivity index (χ1v) is 16.4. The van der Waals surface area contributed by atoms with Gasteiger partial charge in [-0.3, -0.25) is 14.4 Å². The Morgan fingerprint density at radius 3 is 2.15 bits per heavy atom. The minimum absolute atomic E-state index is 0.224. The monoisotopic (exact) mass is 633 g/mol. The van der Waals surface area contributed by atoms with Crippen LogP contribution in [0.1, 0.15) is 43.4 Å². The SMILES string of the molecule is C=CCN(Cc1ccccc1)C(=O)C1N([C@H](CO)c2ccccc2)C(=O)[C@@H]2[C@@H](C(=O)N(CC=C)c3ccccc3)[C@@]3(CC)CCC12O3. The molecule has 0 radical (unpaired) electrons. The zero-order valence-electron chi connectivity index (χ0n) is 26.9. The Balaban J connectivity index is 1.49. The number of carbonyl (C=O) groups excluding carboxylic acids is 3. The fourth-order valence-electron chi connectivity index (χ4n) is 8.27. The molecule has 8 heteroatoms. The predicted octanol–water partition coefficient (Wildman–Crippen LogP) is 5.31. The van der Waals surface area contributed by atoms with Gasteiger partial charge in [-0.15, -0.1) is 13.2 Å². The van der Waals surface area contributed by atoms with Crippen molar-refractivity contribution >= 4 is 23.4 Å². The molecular formula is C39H43N3O5. The zero-order valence-corrected chi connectivity index (χ0v) is 26.9. The lowest BCUT2D eigenvalue weighted by atomic mass is 9.64. The number of para-hydroxylation sites is 1. The largest absolute Gasteiger partial charge is 0.394 e. The minimum Gasteiger partial charge on any atom is -0.394 e. The molecule has 3 heterocycles. The number of anilines is 1. The lowest BCUT2D eigenvalue weighted by molar-refractivity contribution is -0.156. The number of amides is 3. The zero-order chi connectivity index (χ0) is 33.2. The number of hydrogen-bond donors (Lipinski definition) is 1. The van der Waals surface area contributed by atoms with Crippen molar-refractivity contribution in [3.8, 4) is 0 Å². The molecular weight excluding hydrogens is 590 g/mol. The van der Waals surface area contributed by atoms with Crippen LogP contribution in [0.3, 0.4) is 0 Å². The molecule has 3 aliphatic rings. The maximum Gasteiger partial charge on any atom is 0.249 e. The Morgan fingerprint density at radius 2 is 1.55 bits per heavy atom. The summed E-state index contributed by atoms with van der Waals surface area (Å²) in [6.07, 6.45) is 4.84. The molecule has 8 nitrogen and oxygen atoms in total. The van der Waals surface area contributed by atoms with Crippen molar-refractivity contribution in [1.82, 2.24) is 9.80 Å². The fraction of sp³-hybridized carbons (Fsp3) is 0.359. The lowest BCUT2D eigenvalue weighted by Gasteiger charge is -2.39. The van der Waals surface area contributed by atoms with Gasteiger partial charge in [0.25, 0.3) is 0 Å².